The van der Waals surface area contributed by atoms with Gasteiger partial charge < -0.3 is 4.90 Å². The van der Waals surface area contributed by atoms with Crippen LogP contribution in [0.1, 0.15) is 29.2 Å². The lowest BCUT2D eigenvalue weighted by atomic mass is 9.93. The zero-order valence-corrected chi connectivity index (χ0v) is 16.0. The first-order valence-corrected chi connectivity index (χ1v) is 9.97. The van der Waals surface area contributed by atoms with Gasteiger partial charge in [0, 0.05) is 30.5 Å². The Morgan fingerprint density at radius 2 is 1.72 bits per heavy atom. The molecule has 2 aromatic heterocycles. The highest BCUT2D eigenvalue weighted by Gasteiger charge is 2.26. The van der Waals surface area contributed by atoms with E-state index in [1.54, 1.807) is 0 Å². The van der Waals surface area contributed by atoms with E-state index in [4.69, 9.17) is 0 Å². The summed E-state index contributed by atoms with van der Waals surface area (Å²) >= 11 is 0. The van der Waals surface area contributed by atoms with Crippen LogP contribution in [0.5, 0.6) is 0 Å². The van der Waals surface area contributed by atoms with Crippen molar-refractivity contribution >= 4 is 16.8 Å². The van der Waals surface area contributed by atoms with Gasteiger partial charge in [-0.15, -0.1) is 0 Å². The van der Waals surface area contributed by atoms with E-state index in [0.29, 0.717) is 11.6 Å². The summed E-state index contributed by atoms with van der Waals surface area (Å²) in [6.45, 7) is 1.48. The minimum absolute atomic E-state index is 0.00642. The number of aromatic nitrogens is 5. The van der Waals surface area contributed by atoms with Gasteiger partial charge in [0.25, 0.3) is 5.91 Å². The van der Waals surface area contributed by atoms with Gasteiger partial charge in [0.2, 0.25) is 0 Å². The summed E-state index contributed by atoms with van der Waals surface area (Å²) < 4.78 is 0. The van der Waals surface area contributed by atoms with Crippen molar-refractivity contribution in [3.8, 4) is 11.4 Å². The Morgan fingerprint density at radius 3 is 2.55 bits per heavy atom. The van der Waals surface area contributed by atoms with Crippen LogP contribution in [0.2, 0.25) is 0 Å². The SMILES string of the molecule is O=C(c1n[nH]c2ccccc12)N1CCC(Cc2nc(-c3ccccc3)n[nH]2)CC1. The molecule has 0 saturated carbocycles. The molecule has 146 valence electrons. The second-order valence-corrected chi connectivity index (χ2v) is 7.53. The predicted octanol–water partition coefficient (Wildman–Crippen LogP) is 3.44. The Labute approximate surface area is 168 Å². The molecule has 2 N–H and O–H groups in total. The molecular formula is C22H22N6O. The molecule has 0 aliphatic carbocycles. The van der Waals surface area contributed by atoms with Crippen molar-refractivity contribution in [3.05, 3.63) is 66.1 Å². The summed E-state index contributed by atoms with van der Waals surface area (Å²) in [7, 11) is 0. The lowest BCUT2D eigenvalue weighted by molar-refractivity contribution is 0.0686. The number of piperidine rings is 1. The molecule has 0 spiro atoms. The van der Waals surface area contributed by atoms with Crippen LogP contribution in [0, 0.1) is 5.92 Å². The van der Waals surface area contributed by atoms with E-state index in [1.807, 2.05) is 59.5 Å². The average Bonchev–Trinajstić information content (AvgIpc) is 3.42. The highest BCUT2D eigenvalue weighted by Crippen LogP contribution is 2.24. The Hall–Kier alpha value is -3.48. The van der Waals surface area contributed by atoms with Crippen LogP contribution in [0.4, 0.5) is 0 Å². The number of hydrogen-bond acceptors (Lipinski definition) is 4. The second-order valence-electron chi connectivity index (χ2n) is 7.53. The van der Waals surface area contributed by atoms with Crippen molar-refractivity contribution in [3.63, 3.8) is 0 Å². The smallest absolute Gasteiger partial charge is 0.274 e. The molecule has 1 aliphatic heterocycles. The van der Waals surface area contributed by atoms with Crippen molar-refractivity contribution in [2.75, 3.05) is 13.1 Å². The third kappa shape index (κ3) is 3.51. The van der Waals surface area contributed by atoms with Gasteiger partial charge in [-0.1, -0.05) is 48.5 Å². The first kappa shape index (κ1) is 17.6. The molecule has 7 nitrogen and oxygen atoms in total. The number of aromatic amines is 2. The number of carbonyl (C=O) groups is 1. The molecule has 3 heterocycles. The molecule has 1 aliphatic rings. The molecule has 1 fully saturated rings. The molecule has 0 bridgehead atoms. The standard InChI is InChI=1S/C22H22N6O/c29-22(20-17-8-4-5-9-18(17)24-26-20)28-12-10-15(11-13-28)14-19-23-21(27-25-19)16-6-2-1-3-7-16/h1-9,15H,10-14H2,(H,24,26)(H,23,25,27). The number of nitrogens with one attached hydrogen (secondary N) is 2. The van der Waals surface area contributed by atoms with Crippen molar-refractivity contribution in [1.29, 1.82) is 0 Å². The maximum Gasteiger partial charge on any atom is 0.274 e. The maximum atomic E-state index is 12.9. The van der Waals surface area contributed by atoms with Crippen molar-refractivity contribution in [2.45, 2.75) is 19.3 Å². The maximum absolute atomic E-state index is 12.9. The van der Waals surface area contributed by atoms with Crippen LogP contribution in [0.15, 0.2) is 54.6 Å². The summed E-state index contributed by atoms with van der Waals surface area (Å²) in [6, 6.07) is 17.7. The van der Waals surface area contributed by atoms with E-state index >= 15 is 0 Å². The fourth-order valence-corrected chi connectivity index (χ4v) is 3.99. The third-order valence-corrected chi connectivity index (χ3v) is 5.62. The molecule has 0 atom stereocenters. The quantitative estimate of drug-likeness (QED) is 0.562. The second kappa shape index (κ2) is 7.50. The minimum Gasteiger partial charge on any atom is -0.337 e. The number of carbonyl (C=O) groups excluding carboxylic acids is 1. The molecule has 5 rings (SSSR count). The van der Waals surface area contributed by atoms with Crippen LogP contribution >= 0.6 is 0 Å². The fourth-order valence-electron chi connectivity index (χ4n) is 3.99. The van der Waals surface area contributed by atoms with Gasteiger partial charge in [-0.2, -0.15) is 10.2 Å². The Kier molecular flexibility index (Phi) is 4.56. The molecule has 0 unspecified atom stereocenters. The lowest BCUT2D eigenvalue weighted by Crippen LogP contribution is -2.39. The molecule has 2 aromatic carbocycles. The van der Waals surface area contributed by atoms with Gasteiger partial charge in [-0.25, -0.2) is 4.98 Å². The number of rotatable bonds is 4. The van der Waals surface area contributed by atoms with E-state index in [2.05, 4.69) is 25.4 Å². The van der Waals surface area contributed by atoms with Gasteiger partial charge in [0.15, 0.2) is 11.5 Å². The van der Waals surface area contributed by atoms with E-state index in [9.17, 15) is 4.79 Å². The van der Waals surface area contributed by atoms with E-state index in [0.717, 1.165) is 60.5 Å². The number of fused-ring (bicyclic) bond motifs is 1. The zero-order chi connectivity index (χ0) is 19.6. The van der Waals surface area contributed by atoms with Crippen molar-refractivity contribution in [1.82, 2.24) is 30.3 Å². The van der Waals surface area contributed by atoms with E-state index in [-0.39, 0.29) is 5.91 Å². The molecule has 29 heavy (non-hydrogen) atoms. The summed E-state index contributed by atoms with van der Waals surface area (Å²) in [6.07, 6.45) is 2.76. The van der Waals surface area contributed by atoms with Crippen molar-refractivity contribution in [2.24, 2.45) is 5.92 Å². The fraction of sp³-hybridized carbons (Fsp3) is 0.273. The number of para-hydroxylation sites is 1. The van der Waals surface area contributed by atoms with Gasteiger partial charge in [0.1, 0.15) is 5.82 Å². The molecule has 1 saturated heterocycles. The predicted molar refractivity (Wildman–Crippen MR) is 110 cm³/mol. The van der Waals surface area contributed by atoms with Gasteiger partial charge in [-0.05, 0) is 24.8 Å². The molecule has 0 radical (unpaired) electrons. The number of likely N-dealkylation sites (tertiary alicyclic amines) is 1. The number of H-pyrrole nitrogens is 2. The highest BCUT2D eigenvalue weighted by atomic mass is 16.2. The van der Waals surface area contributed by atoms with Crippen LogP contribution in [-0.4, -0.2) is 49.3 Å². The van der Waals surface area contributed by atoms with Crippen LogP contribution in [0.3, 0.4) is 0 Å². The van der Waals surface area contributed by atoms with Gasteiger partial charge in [-0.3, -0.25) is 15.0 Å². The number of nitrogens with zero attached hydrogens (tertiary/aromatic N) is 4. The lowest BCUT2D eigenvalue weighted by Gasteiger charge is -2.31. The Bertz CT molecular complexity index is 1120. The monoisotopic (exact) mass is 386 g/mol. The van der Waals surface area contributed by atoms with Crippen LogP contribution < -0.4 is 0 Å². The Balaban J connectivity index is 1.21. The van der Waals surface area contributed by atoms with Gasteiger partial charge >= 0.3 is 0 Å². The number of benzene rings is 2. The van der Waals surface area contributed by atoms with Crippen LogP contribution in [0.25, 0.3) is 22.3 Å². The van der Waals surface area contributed by atoms with Crippen LogP contribution in [-0.2, 0) is 6.42 Å². The van der Waals surface area contributed by atoms with E-state index < -0.39 is 0 Å². The third-order valence-electron chi connectivity index (χ3n) is 5.62. The minimum atomic E-state index is 0.00642. The topological polar surface area (TPSA) is 90.6 Å². The first-order chi connectivity index (χ1) is 14.3. The zero-order valence-electron chi connectivity index (χ0n) is 16.0. The first-order valence-electron chi connectivity index (χ1n) is 9.97. The summed E-state index contributed by atoms with van der Waals surface area (Å²) in [5, 5.41) is 15.5. The normalized spacial score (nSPS) is 15.1. The van der Waals surface area contributed by atoms with Crippen molar-refractivity contribution < 1.29 is 4.79 Å². The van der Waals surface area contributed by atoms with E-state index in [1.165, 1.54) is 0 Å². The summed E-state index contributed by atoms with van der Waals surface area (Å²) in [4.78, 5) is 19.5. The average molecular weight is 386 g/mol. The molecule has 1 amide bonds. The highest BCUT2D eigenvalue weighted by molar-refractivity contribution is 6.04. The summed E-state index contributed by atoms with van der Waals surface area (Å²) in [5.41, 5.74) is 2.42. The largest absolute Gasteiger partial charge is 0.337 e. The number of hydrogen-bond donors (Lipinski definition) is 2. The molecular weight excluding hydrogens is 364 g/mol. The number of amides is 1. The molecule has 4 aromatic rings. The van der Waals surface area contributed by atoms with Gasteiger partial charge in [0.05, 0.1) is 5.52 Å². The Morgan fingerprint density at radius 1 is 0.966 bits per heavy atom. The summed E-state index contributed by atoms with van der Waals surface area (Å²) in [5.74, 6) is 2.14. The molecule has 7 heteroatoms.